The van der Waals surface area contributed by atoms with Crippen molar-refractivity contribution in [1.82, 2.24) is 10.2 Å². The number of likely N-dealkylation sites (tertiary alicyclic amines) is 1. The Labute approximate surface area is 127 Å². The Morgan fingerprint density at radius 1 is 1.40 bits per heavy atom. The van der Waals surface area contributed by atoms with Gasteiger partial charge in [0.2, 0.25) is 5.91 Å². The van der Waals surface area contributed by atoms with E-state index >= 15 is 0 Å². The number of halogens is 1. The zero-order valence-electron chi connectivity index (χ0n) is 11.7. The van der Waals surface area contributed by atoms with E-state index in [2.05, 4.69) is 21.2 Å². The third kappa shape index (κ3) is 3.60. The summed E-state index contributed by atoms with van der Waals surface area (Å²) in [4.78, 5) is 25.6. The van der Waals surface area contributed by atoms with E-state index in [-0.39, 0.29) is 23.8 Å². The molecule has 1 aromatic carbocycles. The van der Waals surface area contributed by atoms with Gasteiger partial charge in [-0.15, -0.1) is 0 Å². The van der Waals surface area contributed by atoms with Crippen molar-refractivity contribution in [1.29, 1.82) is 0 Å². The highest BCUT2D eigenvalue weighted by molar-refractivity contribution is 9.10. The van der Waals surface area contributed by atoms with E-state index in [4.69, 9.17) is 0 Å². The fourth-order valence-electron chi connectivity index (χ4n) is 2.38. The fraction of sp³-hybridized carbons (Fsp3) is 0.467. The molecule has 0 aromatic heterocycles. The summed E-state index contributed by atoms with van der Waals surface area (Å²) in [5, 5.41) is 2.91. The second-order valence-corrected chi connectivity index (χ2v) is 6.34. The molecule has 0 radical (unpaired) electrons. The van der Waals surface area contributed by atoms with E-state index in [0.717, 1.165) is 11.0 Å². The molecule has 1 aliphatic rings. The van der Waals surface area contributed by atoms with Crippen molar-refractivity contribution in [3.05, 3.63) is 34.3 Å². The van der Waals surface area contributed by atoms with Gasteiger partial charge in [-0.2, -0.15) is 0 Å². The molecule has 1 aliphatic heterocycles. The summed E-state index contributed by atoms with van der Waals surface area (Å²) in [5.41, 5.74) is 0.637. The summed E-state index contributed by atoms with van der Waals surface area (Å²) in [5.74, 6) is 0.306. The van der Waals surface area contributed by atoms with Gasteiger partial charge in [0.15, 0.2) is 0 Å². The lowest BCUT2D eigenvalue weighted by atomic mass is 10.1. The molecule has 1 atom stereocenters. The van der Waals surface area contributed by atoms with Crippen molar-refractivity contribution in [3.63, 3.8) is 0 Å². The van der Waals surface area contributed by atoms with Gasteiger partial charge in [0.1, 0.15) is 0 Å². The van der Waals surface area contributed by atoms with Gasteiger partial charge in [-0.3, -0.25) is 9.59 Å². The van der Waals surface area contributed by atoms with Gasteiger partial charge in [0.25, 0.3) is 5.91 Å². The first-order valence-electron chi connectivity index (χ1n) is 6.80. The smallest absolute Gasteiger partial charge is 0.251 e. The largest absolute Gasteiger partial charge is 0.352 e. The predicted octanol–water partition coefficient (Wildman–Crippen LogP) is 2.44. The first-order valence-corrected chi connectivity index (χ1v) is 7.60. The molecular weight excluding hydrogens is 320 g/mol. The number of nitrogens with zero attached hydrogens (tertiary/aromatic N) is 1. The first kappa shape index (κ1) is 15.0. The van der Waals surface area contributed by atoms with Gasteiger partial charge in [0, 0.05) is 41.5 Å². The normalized spacial score (nSPS) is 18.7. The van der Waals surface area contributed by atoms with Crippen LogP contribution in [0.2, 0.25) is 0 Å². The van der Waals surface area contributed by atoms with Gasteiger partial charge in [0.05, 0.1) is 0 Å². The summed E-state index contributed by atoms with van der Waals surface area (Å²) in [6.07, 6.45) is 0.527. The van der Waals surface area contributed by atoms with Crippen LogP contribution in [0.1, 0.15) is 30.6 Å². The molecule has 1 saturated heterocycles. The third-order valence-electron chi connectivity index (χ3n) is 3.52. The predicted molar refractivity (Wildman–Crippen MR) is 81.4 cm³/mol. The van der Waals surface area contributed by atoms with Crippen LogP contribution >= 0.6 is 15.9 Å². The van der Waals surface area contributed by atoms with E-state index in [1.807, 2.05) is 30.9 Å². The minimum atomic E-state index is -0.0899. The zero-order valence-corrected chi connectivity index (χ0v) is 13.3. The highest BCUT2D eigenvalue weighted by Gasteiger charge is 2.31. The van der Waals surface area contributed by atoms with Gasteiger partial charge < -0.3 is 10.2 Å². The lowest BCUT2D eigenvalue weighted by Crippen LogP contribution is -2.34. The van der Waals surface area contributed by atoms with Gasteiger partial charge in [-0.25, -0.2) is 0 Å². The maximum Gasteiger partial charge on any atom is 0.251 e. The number of nitrogens with one attached hydrogen (secondary N) is 1. The summed E-state index contributed by atoms with van der Waals surface area (Å²) < 4.78 is 0.947. The first-order chi connectivity index (χ1) is 9.47. The number of carbonyl (C=O) groups is 2. The molecule has 2 amide bonds. The van der Waals surface area contributed by atoms with Crippen molar-refractivity contribution in [2.75, 3.05) is 13.1 Å². The van der Waals surface area contributed by atoms with Gasteiger partial charge >= 0.3 is 0 Å². The molecule has 108 valence electrons. The number of hydrogen-bond acceptors (Lipinski definition) is 2. The SMILES string of the molecule is CC(C)N1CC(CNC(=O)c2ccc(Br)cc2)CC1=O. The van der Waals surface area contributed by atoms with Crippen LogP contribution < -0.4 is 5.32 Å². The van der Waals surface area contributed by atoms with Crippen LogP contribution in [0.5, 0.6) is 0 Å². The molecule has 0 bridgehead atoms. The molecule has 0 aliphatic carbocycles. The molecule has 1 heterocycles. The number of hydrogen-bond donors (Lipinski definition) is 1. The van der Waals surface area contributed by atoms with Gasteiger partial charge in [-0.05, 0) is 38.1 Å². The molecular formula is C15H19BrN2O2. The molecule has 0 saturated carbocycles. The maximum atomic E-state index is 12.0. The van der Waals surface area contributed by atoms with E-state index < -0.39 is 0 Å². The average Bonchev–Trinajstić information content (AvgIpc) is 2.78. The molecule has 0 spiro atoms. The highest BCUT2D eigenvalue weighted by atomic mass is 79.9. The fourth-order valence-corrected chi connectivity index (χ4v) is 2.65. The summed E-state index contributed by atoms with van der Waals surface area (Å²) in [6.45, 7) is 5.31. The van der Waals surface area contributed by atoms with Crippen molar-refractivity contribution in [2.45, 2.75) is 26.3 Å². The van der Waals surface area contributed by atoms with Crippen molar-refractivity contribution in [2.24, 2.45) is 5.92 Å². The lowest BCUT2D eigenvalue weighted by Gasteiger charge is -2.21. The van der Waals surface area contributed by atoms with Crippen LogP contribution in [0.25, 0.3) is 0 Å². The summed E-state index contributed by atoms with van der Waals surface area (Å²) in [6, 6.07) is 7.47. The minimum Gasteiger partial charge on any atom is -0.352 e. The lowest BCUT2D eigenvalue weighted by molar-refractivity contribution is -0.129. The third-order valence-corrected chi connectivity index (χ3v) is 4.05. The Hall–Kier alpha value is -1.36. The van der Waals surface area contributed by atoms with E-state index in [1.54, 1.807) is 12.1 Å². The second kappa shape index (κ2) is 6.39. The average molecular weight is 339 g/mol. The van der Waals surface area contributed by atoms with Crippen molar-refractivity contribution in [3.8, 4) is 0 Å². The van der Waals surface area contributed by atoms with Crippen LogP contribution in [0.15, 0.2) is 28.7 Å². The summed E-state index contributed by atoms with van der Waals surface area (Å²) >= 11 is 3.34. The van der Waals surface area contributed by atoms with Crippen LogP contribution in [0.3, 0.4) is 0 Å². The Morgan fingerprint density at radius 2 is 2.05 bits per heavy atom. The summed E-state index contributed by atoms with van der Waals surface area (Å²) in [7, 11) is 0. The molecule has 1 aromatic rings. The maximum absolute atomic E-state index is 12.0. The van der Waals surface area contributed by atoms with Crippen LogP contribution in [-0.4, -0.2) is 35.8 Å². The molecule has 2 rings (SSSR count). The Kier molecular flexibility index (Phi) is 4.81. The quantitative estimate of drug-likeness (QED) is 0.916. The number of rotatable bonds is 4. The number of amides is 2. The standard InChI is InChI=1S/C15H19BrN2O2/c1-10(2)18-9-11(7-14(18)19)8-17-15(20)12-3-5-13(16)6-4-12/h3-6,10-11H,7-9H2,1-2H3,(H,17,20). The molecule has 5 heteroatoms. The molecule has 20 heavy (non-hydrogen) atoms. The van der Waals surface area contributed by atoms with Crippen molar-refractivity contribution < 1.29 is 9.59 Å². The van der Waals surface area contributed by atoms with E-state index in [0.29, 0.717) is 18.5 Å². The monoisotopic (exact) mass is 338 g/mol. The van der Waals surface area contributed by atoms with Crippen LogP contribution in [0.4, 0.5) is 0 Å². The number of benzene rings is 1. The zero-order chi connectivity index (χ0) is 14.7. The molecule has 1 fully saturated rings. The van der Waals surface area contributed by atoms with E-state index in [9.17, 15) is 9.59 Å². The number of carbonyl (C=O) groups excluding carboxylic acids is 2. The van der Waals surface area contributed by atoms with E-state index in [1.165, 1.54) is 0 Å². The minimum absolute atomic E-state index is 0.0899. The molecule has 4 nitrogen and oxygen atoms in total. The topological polar surface area (TPSA) is 49.4 Å². The highest BCUT2D eigenvalue weighted by Crippen LogP contribution is 2.19. The Morgan fingerprint density at radius 3 is 2.60 bits per heavy atom. The molecule has 1 N–H and O–H groups in total. The van der Waals surface area contributed by atoms with Crippen LogP contribution in [-0.2, 0) is 4.79 Å². The van der Waals surface area contributed by atoms with Crippen molar-refractivity contribution >= 4 is 27.7 Å². The van der Waals surface area contributed by atoms with Crippen LogP contribution in [0, 0.1) is 5.92 Å². The molecule has 1 unspecified atom stereocenters. The second-order valence-electron chi connectivity index (χ2n) is 5.43. The van der Waals surface area contributed by atoms with Gasteiger partial charge in [-0.1, -0.05) is 15.9 Å². The Balaban J connectivity index is 1.85. The Bertz CT molecular complexity index is 499.